The lowest BCUT2D eigenvalue weighted by molar-refractivity contribution is 0.238. The van der Waals surface area contributed by atoms with Gasteiger partial charge in [0.15, 0.2) is 0 Å². The van der Waals surface area contributed by atoms with Crippen molar-refractivity contribution in [2.45, 2.75) is 26.0 Å². The third kappa shape index (κ3) is 5.27. The van der Waals surface area contributed by atoms with E-state index in [1.807, 2.05) is 55.5 Å². The molecule has 2 amide bonds. The van der Waals surface area contributed by atoms with Crippen LogP contribution >= 0.6 is 11.6 Å². The van der Waals surface area contributed by atoms with Gasteiger partial charge in [-0.3, -0.25) is 0 Å². The van der Waals surface area contributed by atoms with Gasteiger partial charge in [-0.05, 0) is 36.1 Å². The molecule has 0 aliphatic rings. The van der Waals surface area contributed by atoms with Crippen LogP contribution in [0, 0.1) is 0 Å². The fourth-order valence-corrected chi connectivity index (χ4v) is 2.58. The van der Waals surface area contributed by atoms with Gasteiger partial charge in [0.25, 0.3) is 0 Å². The smallest absolute Gasteiger partial charge is 0.315 e. The second kappa shape index (κ2) is 8.56. The summed E-state index contributed by atoms with van der Waals surface area (Å²) in [5, 5.41) is 15.4. The lowest BCUT2D eigenvalue weighted by Crippen LogP contribution is -2.38. The van der Waals surface area contributed by atoms with Crippen molar-refractivity contribution < 1.29 is 9.90 Å². The van der Waals surface area contributed by atoms with Crippen LogP contribution in [-0.2, 0) is 13.0 Å². The van der Waals surface area contributed by atoms with Gasteiger partial charge in [0, 0.05) is 11.6 Å². The van der Waals surface area contributed by atoms with E-state index >= 15 is 0 Å². The monoisotopic (exact) mass is 332 g/mol. The lowest BCUT2D eigenvalue weighted by atomic mass is 10.1. The van der Waals surface area contributed by atoms with E-state index in [4.69, 9.17) is 16.7 Å². The van der Waals surface area contributed by atoms with Crippen molar-refractivity contribution in [1.29, 1.82) is 0 Å². The van der Waals surface area contributed by atoms with Crippen molar-refractivity contribution in [2.24, 2.45) is 0 Å². The second-order valence-electron chi connectivity index (χ2n) is 5.37. The van der Waals surface area contributed by atoms with Gasteiger partial charge in [-0.15, -0.1) is 0 Å². The van der Waals surface area contributed by atoms with Crippen LogP contribution < -0.4 is 10.6 Å². The first-order chi connectivity index (χ1) is 11.1. The summed E-state index contributed by atoms with van der Waals surface area (Å²) in [6.07, 6.45) is 0.736. The topological polar surface area (TPSA) is 61.4 Å². The van der Waals surface area contributed by atoms with Crippen molar-refractivity contribution in [1.82, 2.24) is 10.6 Å². The number of hydrogen-bond donors (Lipinski definition) is 3. The highest BCUT2D eigenvalue weighted by Crippen LogP contribution is 2.21. The van der Waals surface area contributed by atoms with Gasteiger partial charge in [0.1, 0.15) is 0 Å². The molecule has 0 fully saturated rings. The Bertz CT molecular complexity index is 644. The van der Waals surface area contributed by atoms with Crippen molar-refractivity contribution in [2.75, 3.05) is 6.54 Å². The van der Waals surface area contributed by atoms with Crippen LogP contribution in [0.5, 0.6) is 0 Å². The minimum Gasteiger partial charge on any atom is -0.392 e. The second-order valence-corrected chi connectivity index (χ2v) is 5.78. The van der Waals surface area contributed by atoms with E-state index in [1.165, 1.54) is 0 Å². The highest BCUT2D eigenvalue weighted by molar-refractivity contribution is 6.31. The predicted molar refractivity (Wildman–Crippen MR) is 92.5 cm³/mol. The number of amides is 2. The number of urea groups is 1. The molecule has 1 atom stereocenters. The molecule has 0 aliphatic heterocycles. The number of nitrogens with one attached hydrogen (secondary N) is 2. The summed E-state index contributed by atoms with van der Waals surface area (Å²) in [6.45, 7) is 2.48. The summed E-state index contributed by atoms with van der Waals surface area (Å²) in [4.78, 5) is 11.9. The number of halogens is 1. The van der Waals surface area contributed by atoms with E-state index in [1.54, 1.807) is 0 Å². The maximum absolute atomic E-state index is 11.9. The summed E-state index contributed by atoms with van der Waals surface area (Å²) in [7, 11) is 0. The van der Waals surface area contributed by atoms with Gasteiger partial charge < -0.3 is 15.7 Å². The Morgan fingerprint density at radius 2 is 1.78 bits per heavy atom. The summed E-state index contributed by atoms with van der Waals surface area (Å²) in [5.74, 6) is 0. The number of rotatable bonds is 6. The molecule has 0 spiro atoms. The molecule has 0 aliphatic carbocycles. The van der Waals surface area contributed by atoms with Crippen LogP contribution in [0.25, 0.3) is 0 Å². The van der Waals surface area contributed by atoms with Crippen molar-refractivity contribution in [3.8, 4) is 0 Å². The highest BCUT2D eigenvalue weighted by Gasteiger charge is 2.11. The first-order valence-corrected chi connectivity index (χ1v) is 7.95. The molecular formula is C18H21ClN2O2. The summed E-state index contributed by atoms with van der Waals surface area (Å²) >= 11 is 6.12. The van der Waals surface area contributed by atoms with Gasteiger partial charge in [0.05, 0.1) is 12.6 Å². The minimum atomic E-state index is -0.218. The van der Waals surface area contributed by atoms with Gasteiger partial charge in [-0.2, -0.15) is 0 Å². The Kier molecular flexibility index (Phi) is 6.44. The summed E-state index contributed by atoms with van der Waals surface area (Å²) in [6, 6.07) is 14.8. The molecule has 5 heteroatoms. The molecule has 4 nitrogen and oxygen atoms in total. The first-order valence-electron chi connectivity index (χ1n) is 7.57. The van der Waals surface area contributed by atoms with Crippen LogP contribution in [0.4, 0.5) is 4.79 Å². The Morgan fingerprint density at radius 3 is 2.43 bits per heavy atom. The van der Waals surface area contributed by atoms with E-state index in [-0.39, 0.29) is 18.7 Å². The van der Waals surface area contributed by atoms with Crippen LogP contribution in [0.15, 0.2) is 48.5 Å². The molecular weight excluding hydrogens is 312 g/mol. The van der Waals surface area contributed by atoms with Gasteiger partial charge in [0.2, 0.25) is 0 Å². The van der Waals surface area contributed by atoms with Crippen molar-refractivity contribution in [3.05, 3.63) is 70.2 Å². The number of aliphatic hydroxyl groups is 1. The van der Waals surface area contributed by atoms with E-state index in [0.29, 0.717) is 11.6 Å². The van der Waals surface area contributed by atoms with Gasteiger partial charge in [-0.1, -0.05) is 54.1 Å². The Balaban J connectivity index is 1.77. The molecule has 23 heavy (non-hydrogen) atoms. The van der Waals surface area contributed by atoms with E-state index < -0.39 is 0 Å². The zero-order valence-corrected chi connectivity index (χ0v) is 13.8. The largest absolute Gasteiger partial charge is 0.392 e. The lowest BCUT2D eigenvalue weighted by Gasteiger charge is -2.16. The molecule has 0 saturated heterocycles. The number of hydrogen-bond acceptors (Lipinski definition) is 2. The molecule has 0 saturated carbocycles. The number of carbonyl (C=O) groups excluding carboxylic acids is 1. The molecule has 0 heterocycles. The molecule has 122 valence electrons. The Labute approximate surface area is 141 Å². The standard InChI is InChI=1S/C18H21ClN2O2/c1-13(16-4-2-3-5-17(16)19)21-18(23)20-11-10-14-6-8-15(12-22)9-7-14/h2-9,13,22H,10-12H2,1H3,(H2,20,21,23). The zero-order valence-electron chi connectivity index (χ0n) is 13.1. The van der Waals surface area contributed by atoms with Crippen LogP contribution in [0.3, 0.4) is 0 Å². The van der Waals surface area contributed by atoms with Crippen LogP contribution in [0.1, 0.15) is 29.7 Å². The molecule has 1 unspecified atom stereocenters. The molecule has 2 aromatic rings. The third-order valence-electron chi connectivity index (χ3n) is 3.62. The molecule has 0 radical (unpaired) electrons. The zero-order chi connectivity index (χ0) is 16.7. The Morgan fingerprint density at radius 1 is 1.13 bits per heavy atom. The number of aliphatic hydroxyl groups excluding tert-OH is 1. The fourth-order valence-electron chi connectivity index (χ4n) is 2.28. The number of benzene rings is 2. The predicted octanol–water partition coefficient (Wildman–Crippen LogP) is 3.44. The van der Waals surface area contributed by atoms with Gasteiger partial charge >= 0.3 is 6.03 Å². The normalized spacial score (nSPS) is 11.8. The molecule has 0 bridgehead atoms. The van der Waals surface area contributed by atoms with Gasteiger partial charge in [-0.25, -0.2) is 4.79 Å². The summed E-state index contributed by atoms with van der Waals surface area (Å²) in [5.41, 5.74) is 2.89. The maximum atomic E-state index is 11.9. The molecule has 2 aromatic carbocycles. The first kappa shape index (κ1) is 17.3. The molecule has 3 N–H and O–H groups in total. The van der Waals surface area contributed by atoms with Crippen molar-refractivity contribution in [3.63, 3.8) is 0 Å². The van der Waals surface area contributed by atoms with E-state index in [9.17, 15) is 4.79 Å². The minimum absolute atomic E-state index is 0.0425. The third-order valence-corrected chi connectivity index (χ3v) is 3.97. The number of carbonyl (C=O) groups is 1. The van der Waals surface area contributed by atoms with E-state index in [2.05, 4.69) is 10.6 Å². The molecule has 0 aromatic heterocycles. The van der Waals surface area contributed by atoms with E-state index in [0.717, 1.165) is 23.1 Å². The fraction of sp³-hybridized carbons (Fsp3) is 0.278. The maximum Gasteiger partial charge on any atom is 0.315 e. The average Bonchev–Trinajstić information content (AvgIpc) is 2.55. The SMILES string of the molecule is CC(NC(=O)NCCc1ccc(CO)cc1)c1ccccc1Cl. The average molecular weight is 333 g/mol. The van der Waals surface area contributed by atoms with Crippen molar-refractivity contribution >= 4 is 17.6 Å². The highest BCUT2D eigenvalue weighted by atomic mass is 35.5. The Hall–Kier alpha value is -2.04. The van der Waals surface area contributed by atoms with Crippen LogP contribution in [-0.4, -0.2) is 17.7 Å². The quantitative estimate of drug-likeness (QED) is 0.759. The summed E-state index contributed by atoms with van der Waals surface area (Å²) < 4.78 is 0. The molecule has 2 rings (SSSR count). The van der Waals surface area contributed by atoms with Crippen LogP contribution in [0.2, 0.25) is 5.02 Å².